The lowest BCUT2D eigenvalue weighted by atomic mass is 9.98. The van der Waals surface area contributed by atoms with E-state index in [4.69, 9.17) is 16.7 Å². The second-order valence-corrected chi connectivity index (χ2v) is 6.93. The van der Waals surface area contributed by atoms with Crippen LogP contribution < -0.4 is 5.32 Å². The normalized spacial score (nSPS) is 12.0. The molecular weight excluding hydrogens is 382 g/mol. The first kappa shape index (κ1) is 18.3. The molecule has 1 atom stereocenters. The van der Waals surface area contributed by atoms with Gasteiger partial charge in [0.1, 0.15) is 11.6 Å². The number of carboxylic acid groups (broad SMARTS) is 1. The number of benzene rings is 1. The Hall–Kier alpha value is -2.51. The van der Waals surface area contributed by atoms with Crippen LogP contribution in [0, 0.1) is 11.6 Å². The van der Waals surface area contributed by atoms with Crippen molar-refractivity contribution in [1.29, 1.82) is 0 Å². The molecule has 0 saturated heterocycles. The number of nitrogens with zero attached hydrogens (tertiary/aromatic N) is 1. The second-order valence-electron chi connectivity index (χ2n) is 5.55. The van der Waals surface area contributed by atoms with E-state index in [2.05, 4.69) is 10.3 Å². The monoisotopic (exact) mass is 394 g/mol. The average molecular weight is 395 g/mol. The molecule has 0 bridgehead atoms. The van der Waals surface area contributed by atoms with Crippen molar-refractivity contribution >= 4 is 29.0 Å². The van der Waals surface area contributed by atoms with Crippen molar-refractivity contribution in [2.75, 3.05) is 0 Å². The van der Waals surface area contributed by atoms with E-state index in [-0.39, 0.29) is 10.7 Å². The van der Waals surface area contributed by atoms with Crippen molar-refractivity contribution in [2.24, 2.45) is 0 Å². The number of hydrogen-bond acceptors (Lipinski definition) is 3. The third-order valence-electron chi connectivity index (χ3n) is 3.75. The number of aromatic nitrogens is 1. The fourth-order valence-corrected chi connectivity index (χ4v) is 3.63. The highest BCUT2D eigenvalue weighted by molar-refractivity contribution is 7.13. The van der Waals surface area contributed by atoms with Gasteiger partial charge in [0.2, 0.25) is 0 Å². The SMILES string of the molecule is CC(NC(=O)O)c1ncc(-c2cc(Cl)cc(F)c2-c2cccs2)cc1F. The molecule has 0 radical (unpaired) electrons. The van der Waals surface area contributed by atoms with Gasteiger partial charge in [-0.15, -0.1) is 11.3 Å². The number of thiophene rings is 1. The quantitative estimate of drug-likeness (QED) is 0.593. The molecule has 0 aliphatic rings. The molecule has 3 aromatic rings. The van der Waals surface area contributed by atoms with Crippen LogP contribution in [0.15, 0.2) is 41.9 Å². The minimum atomic E-state index is -1.28. The lowest BCUT2D eigenvalue weighted by molar-refractivity contribution is 0.190. The molecular formula is C18H13ClF2N2O2S. The molecule has 3 rings (SSSR count). The molecule has 1 unspecified atom stereocenters. The van der Waals surface area contributed by atoms with Crippen LogP contribution in [-0.4, -0.2) is 16.2 Å². The maximum atomic E-state index is 14.5. The molecule has 1 aromatic carbocycles. The molecule has 1 amide bonds. The zero-order chi connectivity index (χ0) is 18.8. The van der Waals surface area contributed by atoms with E-state index in [1.165, 1.54) is 36.6 Å². The molecule has 26 heavy (non-hydrogen) atoms. The fourth-order valence-electron chi connectivity index (χ4n) is 2.64. The summed E-state index contributed by atoms with van der Waals surface area (Å²) in [6.07, 6.45) is 0.0976. The van der Waals surface area contributed by atoms with Gasteiger partial charge in [-0.2, -0.15) is 0 Å². The first-order valence-corrected chi connectivity index (χ1v) is 8.80. The van der Waals surface area contributed by atoms with E-state index in [1.807, 2.05) is 5.38 Å². The Labute approximate surface area is 157 Å². The summed E-state index contributed by atoms with van der Waals surface area (Å²) < 4.78 is 29.0. The van der Waals surface area contributed by atoms with Gasteiger partial charge in [-0.05, 0) is 42.1 Å². The van der Waals surface area contributed by atoms with E-state index in [1.54, 1.807) is 18.2 Å². The van der Waals surface area contributed by atoms with E-state index in [0.717, 1.165) is 0 Å². The van der Waals surface area contributed by atoms with Crippen LogP contribution >= 0.6 is 22.9 Å². The summed E-state index contributed by atoms with van der Waals surface area (Å²) in [6, 6.07) is 6.68. The van der Waals surface area contributed by atoms with E-state index in [0.29, 0.717) is 21.6 Å². The summed E-state index contributed by atoms with van der Waals surface area (Å²) in [5.41, 5.74) is 1.03. The van der Waals surface area contributed by atoms with Gasteiger partial charge in [0.25, 0.3) is 0 Å². The lowest BCUT2D eigenvalue weighted by Gasteiger charge is -2.14. The standard InChI is InChI=1S/C18H13ClF2N2O2S/c1-9(23-18(24)25)17-14(21)5-10(8-22-17)12-6-11(19)7-13(20)16(12)15-3-2-4-26-15/h2-9,23H,1H3,(H,24,25). The molecule has 4 nitrogen and oxygen atoms in total. The molecule has 0 saturated carbocycles. The van der Waals surface area contributed by atoms with E-state index in [9.17, 15) is 13.6 Å². The lowest BCUT2D eigenvalue weighted by Crippen LogP contribution is -2.26. The van der Waals surface area contributed by atoms with Crippen molar-refractivity contribution in [3.63, 3.8) is 0 Å². The molecule has 134 valence electrons. The van der Waals surface area contributed by atoms with Crippen molar-refractivity contribution in [1.82, 2.24) is 10.3 Å². The average Bonchev–Trinajstić information content (AvgIpc) is 3.07. The Morgan fingerprint density at radius 3 is 2.69 bits per heavy atom. The third kappa shape index (κ3) is 3.68. The zero-order valence-electron chi connectivity index (χ0n) is 13.5. The van der Waals surface area contributed by atoms with E-state index >= 15 is 0 Å². The number of rotatable bonds is 4. The molecule has 2 aromatic heterocycles. The largest absolute Gasteiger partial charge is 0.465 e. The van der Waals surface area contributed by atoms with Crippen LogP contribution in [0.25, 0.3) is 21.6 Å². The van der Waals surface area contributed by atoms with Gasteiger partial charge in [-0.25, -0.2) is 13.6 Å². The van der Waals surface area contributed by atoms with Crippen LogP contribution in [0.2, 0.25) is 5.02 Å². The predicted molar refractivity (Wildman–Crippen MR) is 97.5 cm³/mol. The first-order chi connectivity index (χ1) is 12.4. The third-order valence-corrected chi connectivity index (χ3v) is 4.86. The van der Waals surface area contributed by atoms with Crippen molar-refractivity contribution in [3.05, 3.63) is 64.3 Å². The highest BCUT2D eigenvalue weighted by atomic mass is 35.5. The van der Waals surface area contributed by atoms with Crippen LogP contribution in [0.1, 0.15) is 18.7 Å². The Kier molecular flexibility index (Phi) is 5.20. The van der Waals surface area contributed by atoms with Gasteiger partial charge in [0.15, 0.2) is 0 Å². The Morgan fingerprint density at radius 2 is 2.08 bits per heavy atom. The topological polar surface area (TPSA) is 62.2 Å². The maximum Gasteiger partial charge on any atom is 0.405 e. The smallest absolute Gasteiger partial charge is 0.405 e. The van der Waals surface area contributed by atoms with Gasteiger partial charge in [-0.3, -0.25) is 4.98 Å². The molecule has 0 aliphatic heterocycles. The predicted octanol–water partition coefficient (Wildman–Crippen LogP) is 5.74. The molecule has 0 spiro atoms. The highest BCUT2D eigenvalue weighted by Gasteiger charge is 2.19. The van der Waals surface area contributed by atoms with Crippen molar-refractivity contribution < 1.29 is 18.7 Å². The number of hydrogen-bond donors (Lipinski definition) is 2. The molecule has 0 fully saturated rings. The van der Waals surface area contributed by atoms with Gasteiger partial charge in [0.05, 0.1) is 11.7 Å². The van der Waals surface area contributed by atoms with Crippen LogP contribution in [-0.2, 0) is 0 Å². The Morgan fingerprint density at radius 1 is 1.31 bits per heavy atom. The number of halogens is 3. The molecule has 2 N–H and O–H groups in total. The molecule has 2 heterocycles. The summed E-state index contributed by atoms with van der Waals surface area (Å²) in [7, 11) is 0. The Bertz CT molecular complexity index is 964. The zero-order valence-corrected chi connectivity index (χ0v) is 15.0. The van der Waals surface area contributed by atoms with Crippen molar-refractivity contribution in [2.45, 2.75) is 13.0 Å². The highest BCUT2D eigenvalue weighted by Crippen LogP contribution is 2.39. The number of amides is 1. The second kappa shape index (κ2) is 7.39. The van der Waals surface area contributed by atoms with Gasteiger partial charge < -0.3 is 10.4 Å². The fraction of sp³-hybridized carbons (Fsp3) is 0.111. The summed E-state index contributed by atoms with van der Waals surface area (Å²) in [4.78, 5) is 15.4. The van der Waals surface area contributed by atoms with Gasteiger partial charge in [0, 0.05) is 27.2 Å². The van der Waals surface area contributed by atoms with Crippen LogP contribution in [0.4, 0.5) is 13.6 Å². The molecule has 0 aliphatic carbocycles. The first-order valence-electron chi connectivity index (χ1n) is 7.55. The Balaban J connectivity index is 2.10. The minimum Gasteiger partial charge on any atom is -0.465 e. The summed E-state index contributed by atoms with van der Waals surface area (Å²) in [5.74, 6) is -1.21. The number of nitrogens with one attached hydrogen (secondary N) is 1. The summed E-state index contributed by atoms with van der Waals surface area (Å²) in [6.45, 7) is 1.48. The van der Waals surface area contributed by atoms with Gasteiger partial charge >= 0.3 is 6.09 Å². The molecule has 8 heteroatoms. The number of carbonyl (C=O) groups is 1. The van der Waals surface area contributed by atoms with E-state index < -0.39 is 23.8 Å². The van der Waals surface area contributed by atoms with Crippen LogP contribution in [0.3, 0.4) is 0 Å². The van der Waals surface area contributed by atoms with Crippen LogP contribution in [0.5, 0.6) is 0 Å². The van der Waals surface area contributed by atoms with Gasteiger partial charge in [-0.1, -0.05) is 17.7 Å². The maximum absolute atomic E-state index is 14.5. The number of pyridine rings is 1. The van der Waals surface area contributed by atoms with Crippen molar-refractivity contribution in [3.8, 4) is 21.6 Å². The summed E-state index contributed by atoms with van der Waals surface area (Å²) >= 11 is 7.34. The minimum absolute atomic E-state index is 0.0451. The summed E-state index contributed by atoms with van der Waals surface area (Å²) in [5, 5.41) is 12.9.